The number of hydrogen-bond acceptors (Lipinski definition) is 6. The number of nitrogens with zero attached hydrogens (tertiary/aromatic N) is 3. The van der Waals surface area contributed by atoms with Gasteiger partial charge in [0.05, 0.1) is 11.1 Å². The van der Waals surface area contributed by atoms with Gasteiger partial charge in [-0.3, -0.25) is 4.79 Å². The van der Waals surface area contributed by atoms with Crippen LogP contribution in [0.15, 0.2) is 71.9 Å². The van der Waals surface area contributed by atoms with Crippen molar-refractivity contribution in [2.24, 2.45) is 0 Å². The molecule has 6 nitrogen and oxygen atoms in total. The lowest BCUT2D eigenvalue weighted by Gasteiger charge is -2.33. The Morgan fingerprint density at radius 2 is 1.67 bits per heavy atom. The summed E-state index contributed by atoms with van der Waals surface area (Å²) in [6.45, 7) is -2.95. The van der Waals surface area contributed by atoms with Gasteiger partial charge in [-0.05, 0) is 60.2 Å². The number of benzene rings is 3. The number of carbonyl (C=O) groups is 1. The molecule has 0 saturated carbocycles. The van der Waals surface area contributed by atoms with Crippen molar-refractivity contribution in [3.8, 4) is 17.1 Å². The summed E-state index contributed by atoms with van der Waals surface area (Å²) in [7, 11) is 0. The van der Waals surface area contributed by atoms with Gasteiger partial charge in [0, 0.05) is 21.2 Å². The Morgan fingerprint density at radius 3 is 2.33 bits per heavy atom. The molecule has 4 aromatic rings. The van der Waals surface area contributed by atoms with Crippen LogP contribution in [-0.4, -0.2) is 32.5 Å². The molecule has 1 aromatic heterocycles. The lowest BCUT2D eigenvalue weighted by atomic mass is 9.97. The summed E-state index contributed by atoms with van der Waals surface area (Å²) in [6.07, 6.45) is 0. The Hall–Kier alpha value is -2.85. The summed E-state index contributed by atoms with van der Waals surface area (Å²) in [4.78, 5) is 13.6. The monoisotopic (exact) mass is 566 g/mol. The van der Waals surface area contributed by atoms with E-state index >= 15 is 0 Å². The van der Waals surface area contributed by atoms with E-state index in [1.54, 1.807) is 35.0 Å². The molecular weight excluding hydrogens is 553 g/mol. The standard InChI is InChI=1S/C24H15Cl3F2N4O2S/c25-14-5-1-12(2-6-14)19-21(20(34)13-3-8-16(9-4-13)35-23(28)29)36-24-31-30-22(33(24)32-19)17-10-7-15(26)11-18(17)27/h1-11,19,21,23,32H/t19-,21-/m1/s1. The molecular formula is C24H15Cl3F2N4O2S. The summed E-state index contributed by atoms with van der Waals surface area (Å²) in [5.41, 5.74) is 5.10. The third-order valence-corrected chi connectivity index (χ3v) is 7.48. The van der Waals surface area contributed by atoms with Gasteiger partial charge in [-0.1, -0.05) is 58.7 Å². The summed E-state index contributed by atoms with van der Waals surface area (Å²) in [5.74, 6) is 0.198. The van der Waals surface area contributed by atoms with Gasteiger partial charge in [0.2, 0.25) is 5.16 Å². The van der Waals surface area contributed by atoms with Crippen LogP contribution in [0.25, 0.3) is 11.4 Å². The lowest BCUT2D eigenvalue weighted by Crippen LogP contribution is -2.39. The quantitative estimate of drug-likeness (QED) is 0.250. The number of carbonyl (C=O) groups excluding carboxylic acids is 1. The second kappa shape index (κ2) is 10.3. The van der Waals surface area contributed by atoms with Crippen molar-refractivity contribution in [1.29, 1.82) is 0 Å². The molecule has 0 fully saturated rings. The molecule has 2 atom stereocenters. The van der Waals surface area contributed by atoms with E-state index in [2.05, 4.69) is 20.4 Å². The van der Waals surface area contributed by atoms with E-state index in [4.69, 9.17) is 34.8 Å². The number of rotatable bonds is 6. The van der Waals surface area contributed by atoms with Crippen LogP contribution in [0.5, 0.6) is 5.75 Å². The highest BCUT2D eigenvalue weighted by Gasteiger charge is 2.38. The smallest absolute Gasteiger partial charge is 0.387 e. The molecule has 1 aliphatic heterocycles. The normalized spacial score (nSPS) is 16.9. The van der Waals surface area contributed by atoms with E-state index in [0.717, 1.165) is 5.56 Å². The third-order valence-electron chi connectivity index (χ3n) is 5.46. The number of halogens is 5. The second-order valence-corrected chi connectivity index (χ2v) is 10.1. The van der Waals surface area contributed by atoms with E-state index in [-0.39, 0.29) is 11.5 Å². The SMILES string of the molecule is O=C(c1ccc(OC(F)F)cc1)[C@@H]1Sc2nnc(-c3ccc(Cl)cc3Cl)n2N[C@@H]1c1ccc(Cl)cc1. The first kappa shape index (κ1) is 24.8. The minimum absolute atomic E-state index is 0.0329. The zero-order chi connectivity index (χ0) is 25.4. The largest absolute Gasteiger partial charge is 0.435 e. The van der Waals surface area contributed by atoms with Crippen molar-refractivity contribution in [3.63, 3.8) is 0 Å². The Balaban J connectivity index is 1.53. The van der Waals surface area contributed by atoms with Crippen LogP contribution >= 0.6 is 46.6 Å². The van der Waals surface area contributed by atoms with Crippen LogP contribution in [0.2, 0.25) is 15.1 Å². The summed E-state index contributed by atoms with van der Waals surface area (Å²) >= 11 is 19.8. The number of alkyl halides is 2. The topological polar surface area (TPSA) is 69.0 Å². The molecule has 12 heteroatoms. The van der Waals surface area contributed by atoms with Gasteiger partial charge >= 0.3 is 6.61 Å². The van der Waals surface area contributed by atoms with Gasteiger partial charge in [-0.25, -0.2) is 4.68 Å². The molecule has 3 aromatic carbocycles. The maximum absolute atomic E-state index is 13.6. The maximum Gasteiger partial charge on any atom is 0.387 e. The molecule has 0 bridgehead atoms. The van der Waals surface area contributed by atoms with Gasteiger partial charge < -0.3 is 10.2 Å². The van der Waals surface area contributed by atoms with Gasteiger partial charge in [0.15, 0.2) is 11.6 Å². The fraction of sp³-hybridized carbons (Fsp3) is 0.125. The molecule has 0 saturated heterocycles. The van der Waals surface area contributed by atoms with Crippen LogP contribution in [0.3, 0.4) is 0 Å². The molecule has 1 aliphatic rings. The Kier molecular flexibility index (Phi) is 7.07. The summed E-state index contributed by atoms with van der Waals surface area (Å²) in [5, 5.41) is 9.79. The number of nitrogens with one attached hydrogen (secondary N) is 1. The van der Waals surface area contributed by atoms with E-state index in [9.17, 15) is 13.6 Å². The van der Waals surface area contributed by atoms with Crippen LogP contribution < -0.4 is 10.2 Å². The lowest BCUT2D eigenvalue weighted by molar-refractivity contribution is -0.0498. The summed E-state index contributed by atoms with van der Waals surface area (Å²) in [6, 6.07) is 17.2. The highest BCUT2D eigenvalue weighted by molar-refractivity contribution is 8.00. The highest BCUT2D eigenvalue weighted by atomic mass is 35.5. The van der Waals surface area contributed by atoms with Crippen LogP contribution in [-0.2, 0) is 0 Å². The maximum atomic E-state index is 13.6. The molecule has 1 N–H and O–H groups in total. The van der Waals surface area contributed by atoms with Crippen molar-refractivity contribution in [2.45, 2.75) is 23.1 Å². The van der Waals surface area contributed by atoms with Crippen molar-refractivity contribution in [3.05, 3.63) is 92.9 Å². The second-order valence-electron chi connectivity index (χ2n) is 7.73. The fourth-order valence-electron chi connectivity index (χ4n) is 3.79. The van der Waals surface area contributed by atoms with Gasteiger partial charge in [-0.2, -0.15) is 8.78 Å². The number of hydrogen-bond donors (Lipinski definition) is 1. The van der Waals surface area contributed by atoms with Crippen molar-refractivity contribution < 1.29 is 18.3 Å². The minimum Gasteiger partial charge on any atom is -0.435 e. The molecule has 5 rings (SSSR count). The summed E-state index contributed by atoms with van der Waals surface area (Å²) < 4.78 is 31.1. The molecule has 2 heterocycles. The van der Waals surface area contributed by atoms with E-state index in [1.807, 2.05) is 12.1 Å². The minimum atomic E-state index is -2.95. The number of ketones is 1. The van der Waals surface area contributed by atoms with Crippen LogP contribution in [0.1, 0.15) is 22.0 Å². The van der Waals surface area contributed by atoms with E-state index < -0.39 is 17.9 Å². The Labute approximate surface area is 223 Å². The predicted molar refractivity (Wildman–Crippen MR) is 136 cm³/mol. The number of Topliss-reactive ketones (excluding diaryl/α,β-unsaturated/α-hetero) is 1. The number of aromatic nitrogens is 3. The molecule has 0 aliphatic carbocycles. The van der Waals surface area contributed by atoms with E-state index in [0.29, 0.717) is 37.2 Å². The molecule has 184 valence electrons. The molecule has 0 spiro atoms. The van der Waals surface area contributed by atoms with Gasteiger partial charge in [-0.15, -0.1) is 10.2 Å². The van der Waals surface area contributed by atoms with E-state index in [1.165, 1.54) is 36.0 Å². The predicted octanol–water partition coefficient (Wildman–Crippen LogP) is 7.15. The number of fused-ring (bicyclic) bond motifs is 1. The Bertz CT molecular complexity index is 1420. The zero-order valence-corrected chi connectivity index (χ0v) is 21.1. The van der Waals surface area contributed by atoms with Gasteiger partial charge in [0.1, 0.15) is 11.0 Å². The average Bonchev–Trinajstić information content (AvgIpc) is 3.26. The third kappa shape index (κ3) is 5.01. The Morgan fingerprint density at radius 1 is 0.972 bits per heavy atom. The molecule has 0 amide bonds. The first-order valence-electron chi connectivity index (χ1n) is 10.5. The first-order valence-corrected chi connectivity index (χ1v) is 12.5. The highest BCUT2D eigenvalue weighted by Crippen LogP contribution is 2.41. The molecule has 0 radical (unpaired) electrons. The van der Waals surface area contributed by atoms with Crippen LogP contribution in [0, 0.1) is 0 Å². The molecule has 36 heavy (non-hydrogen) atoms. The average molecular weight is 568 g/mol. The van der Waals surface area contributed by atoms with Crippen molar-refractivity contribution in [1.82, 2.24) is 14.9 Å². The number of ether oxygens (including phenoxy) is 1. The van der Waals surface area contributed by atoms with Crippen molar-refractivity contribution >= 4 is 52.3 Å². The zero-order valence-electron chi connectivity index (χ0n) is 18.0. The van der Waals surface area contributed by atoms with Gasteiger partial charge in [0.25, 0.3) is 0 Å². The van der Waals surface area contributed by atoms with Crippen LogP contribution in [0.4, 0.5) is 8.78 Å². The van der Waals surface area contributed by atoms with Crippen molar-refractivity contribution in [2.75, 3.05) is 5.43 Å². The fourth-order valence-corrected chi connectivity index (χ4v) is 5.56. The first-order chi connectivity index (χ1) is 17.3. The number of thioether (sulfide) groups is 1. The molecule has 0 unspecified atom stereocenters.